The molecule has 0 spiro atoms. The maximum Gasteiger partial charge on any atom is 0.0243 e. The van der Waals surface area contributed by atoms with Crippen molar-refractivity contribution >= 4 is 0 Å². The molecule has 1 aliphatic rings. The Balaban J connectivity index is 2.43. The molecule has 1 atom stereocenters. The van der Waals surface area contributed by atoms with Crippen LogP contribution in [0.2, 0.25) is 0 Å². The number of hydrogen-bond acceptors (Lipinski definition) is 2. The Morgan fingerprint density at radius 1 is 1.11 bits per heavy atom. The first kappa shape index (κ1) is 16.0. The molecule has 0 heterocycles. The Bertz CT molecular complexity index is 209. The second kappa shape index (κ2) is 8.16. The van der Waals surface area contributed by atoms with E-state index in [0.29, 0.717) is 6.04 Å². The summed E-state index contributed by atoms with van der Waals surface area (Å²) >= 11 is 0. The van der Waals surface area contributed by atoms with E-state index in [9.17, 15) is 0 Å². The van der Waals surface area contributed by atoms with Crippen LogP contribution in [0.4, 0.5) is 0 Å². The minimum atomic E-state index is 0.712. The van der Waals surface area contributed by atoms with Crippen molar-refractivity contribution in [3.8, 4) is 0 Å². The Hall–Kier alpha value is -0.0800. The second-order valence-electron chi connectivity index (χ2n) is 6.80. The van der Waals surface area contributed by atoms with Crippen LogP contribution in [0.1, 0.15) is 53.9 Å². The van der Waals surface area contributed by atoms with Crippen LogP contribution in [0, 0.1) is 17.8 Å². The van der Waals surface area contributed by atoms with Crippen molar-refractivity contribution in [1.29, 1.82) is 0 Å². The monoisotopic (exact) mass is 254 g/mol. The largest absolute Gasteiger partial charge is 0.315 e. The molecule has 0 amide bonds. The van der Waals surface area contributed by atoms with E-state index in [1.807, 2.05) is 0 Å². The maximum absolute atomic E-state index is 3.66. The molecule has 1 aliphatic carbocycles. The Kier molecular flexibility index (Phi) is 7.25. The Morgan fingerprint density at radius 3 is 2.22 bits per heavy atom. The van der Waals surface area contributed by atoms with Crippen LogP contribution in [0.25, 0.3) is 0 Å². The third kappa shape index (κ3) is 6.19. The van der Waals surface area contributed by atoms with Gasteiger partial charge in [-0.25, -0.2) is 0 Å². The van der Waals surface area contributed by atoms with Gasteiger partial charge in [0.15, 0.2) is 0 Å². The molecule has 0 radical (unpaired) electrons. The van der Waals surface area contributed by atoms with Gasteiger partial charge >= 0.3 is 0 Å². The quantitative estimate of drug-likeness (QED) is 0.643. The zero-order valence-corrected chi connectivity index (χ0v) is 13.2. The molecule has 1 unspecified atom stereocenters. The SMILES string of the molecule is CCCN(CC1CC1)C(CNCC(C)C)C(C)C. The van der Waals surface area contributed by atoms with Crippen molar-refractivity contribution in [2.75, 3.05) is 26.2 Å². The van der Waals surface area contributed by atoms with Gasteiger partial charge in [-0.1, -0.05) is 34.6 Å². The van der Waals surface area contributed by atoms with Crippen LogP contribution in [-0.2, 0) is 0 Å². The van der Waals surface area contributed by atoms with Crippen LogP contribution >= 0.6 is 0 Å². The summed E-state index contributed by atoms with van der Waals surface area (Å²) in [7, 11) is 0. The second-order valence-corrected chi connectivity index (χ2v) is 6.80. The van der Waals surface area contributed by atoms with E-state index >= 15 is 0 Å². The van der Waals surface area contributed by atoms with Crippen molar-refractivity contribution in [1.82, 2.24) is 10.2 Å². The van der Waals surface area contributed by atoms with Crippen LogP contribution in [-0.4, -0.2) is 37.1 Å². The average molecular weight is 254 g/mol. The van der Waals surface area contributed by atoms with E-state index in [4.69, 9.17) is 0 Å². The molecule has 0 aromatic rings. The molecule has 0 aliphatic heterocycles. The fraction of sp³-hybridized carbons (Fsp3) is 1.00. The summed E-state index contributed by atoms with van der Waals surface area (Å²) in [5.74, 6) is 2.50. The van der Waals surface area contributed by atoms with Gasteiger partial charge in [-0.3, -0.25) is 4.90 Å². The van der Waals surface area contributed by atoms with Gasteiger partial charge in [0, 0.05) is 19.1 Å². The molecule has 0 bridgehead atoms. The first-order chi connectivity index (χ1) is 8.54. The minimum Gasteiger partial charge on any atom is -0.315 e. The molecule has 0 saturated heterocycles. The average Bonchev–Trinajstić information content (AvgIpc) is 3.07. The zero-order chi connectivity index (χ0) is 13.5. The molecule has 2 heteroatoms. The van der Waals surface area contributed by atoms with Crippen molar-refractivity contribution < 1.29 is 0 Å². The van der Waals surface area contributed by atoms with Crippen molar-refractivity contribution in [3.63, 3.8) is 0 Å². The third-order valence-electron chi connectivity index (χ3n) is 3.85. The zero-order valence-electron chi connectivity index (χ0n) is 13.2. The first-order valence-electron chi connectivity index (χ1n) is 7.99. The molecule has 1 N–H and O–H groups in total. The van der Waals surface area contributed by atoms with Crippen molar-refractivity contribution in [2.24, 2.45) is 17.8 Å². The lowest BCUT2D eigenvalue weighted by atomic mass is 10.0. The van der Waals surface area contributed by atoms with Crippen LogP contribution in [0.15, 0.2) is 0 Å². The summed E-state index contributed by atoms with van der Waals surface area (Å²) in [5.41, 5.74) is 0. The van der Waals surface area contributed by atoms with Crippen LogP contribution in [0.5, 0.6) is 0 Å². The first-order valence-corrected chi connectivity index (χ1v) is 7.99. The summed E-state index contributed by atoms with van der Waals surface area (Å²) in [6, 6.07) is 0.712. The van der Waals surface area contributed by atoms with Crippen LogP contribution in [0.3, 0.4) is 0 Å². The van der Waals surface area contributed by atoms with Gasteiger partial charge in [-0.15, -0.1) is 0 Å². The maximum atomic E-state index is 3.66. The normalized spacial score (nSPS) is 18.0. The van der Waals surface area contributed by atoms with Gasteiger partial charge in [-0.05, 0) is 50.1 Å². The highest BCUT2D eigenvalue weighted by molar-refractivity contribution is 4.83. The summed E-state index contributed by atoms with van der Waals surface area (Å²) < 4.78 is 0. The third-order valence-corrected chi connectivity index (χ3v) is 3.85. The molecule has 0 aromatic heterocycles. The van der Waals surface area contributed by atoms with Gasteiger partial charge < -0.3 is 5.32 Å². The minimum absolute atomic E-state index is 0.712. The smallest absolute Gasteiger partial charge is 0.0243 e. The van der Waals surface area contributed by atoms with Gasteiger partial charge in [0.1, 0.15) is 0 Å². The van der Waals surface area contributed by atoms with Gasteiger partial charge in [0.25, 0.3) is 0 Å². The Morgan fingerprint density at radius 2 is 1.78 bits per heavy atom. The summed E-state index contributed by atoms with van der Waals surface area (Å²) in [5, 5.41) is 3.66. The lowest BCUT2D eigenvalue weighted by Gasteiger charge is -2.35. The summed E-state index contributed by atoms with van der Waals surface area (Å²) in [6.45, 7) is 16.5. The predicted molar refractivity (Wildman–Crippen MR) is 80.9 cm³/mol. The highest BCUT2D eigenvalue weighted by atomic mass is 15.2. The number of nitrogens with zero attached hydrogens (tertiary/aromatic N) is 1. The van der Waals surface area contributed by atoms with Gasteiger partial charge in [0.05, 0.1) is 0 Å². The van der Waals surface area contributed by atoms with Crippen molar-refractivity contribution in [2.45, 2.75) is 59.9 Å². The van der Waals surface area contributed by atoms with Crippen molar-refractivity contribution in [3.05, 3.63) is 0 Å². The lowest BCUT2D eigenvalue weighted by molar-refractivity contribution is 0.144. The molecule has 108 valence electrons. The highest BCUT2D eigenvalue weighted by Crippen LogP contribution is 2.31. The highest BCUT2D eigenvalue weighted by Gasteiger charge is 2.28. The summed E-state index contributed by atoms with van der Waals surface area (Å²) in [6.07, 6.45) is 4.20. The van der Waals surface area contributed by atoms with Gasteiger partial charge in [-0.2, -0.15) is 0 Å². The van der Waals surface area contributed by atoms with E-state index in [2.05, 4.69) is 44.8 Å². The molecule has 18 heavy (non-hydrogen) atoms. The van der Waals surface area contributed by atoms with Gasteiger partial charge in [0.2, 0.25) is 0 Å². The lowest BCUT2D eigenvalue weighted by Crippen LogP contribution is -2.47. The molecule has 0 aromatic carbocycles. The molecule has 2 nitrogen and oxygen atoms in total. The van der Waals surface area contributed by atoms with E-state index in [1.165, 1.54) is 32.4 Å². The standard InChI is InChI=1S/C16H34N2/c1-6-9-18(12-15-7-8-15)16(14(4)5)11-17-10-13(2)3/h13-17H,6-12H2,1-5H3. The molecule has 1 saturated carbocycles. The number of nitrogens with one attached hydrogen (secondary N) is 1. The van der Waals surface area contributed by atoms with Crippen LogP contribution < -0.4 is 5.32 Å². The predicted octanol–water partition coefficient (Wildman–Crippen LogP) is 3.38. The fourth-order valence-corrected chi connectivity index (χ4v) is 2.62. The van der Waals surface area contributed by atoms with E-state index in [1.54, 1.807) is 0 Å². The molecular weight excluding hydrogens is 220 g/mol. The molecule has 1 rings (SSSR count). The number of hydrogen-bond donors (Lipinski definition) is 1. The molecular formula is C16H34N2. The summed E-state index contributed by atoms with van der Waals surface area (Å²) in [4.78, 5) is 2.75. The Labute approximate surface area is 115 Å². The molecule has 1 fully saturated rings. The van der Waals surface area contributed by atoms with E-state index < -0.39 is 0 Å². The topological polar surface area (TPSA) is 15.3 Å². The fourth-order valence-electron chi connectivity index (χ4n) is 2.62. The van der Waals surface area contributed by atoms with E-state index in [0.717, 1.165) is 30.8 Å². The number of rotatable bonds is 10. The van der Waals surface area contributed by atoms with E-state index in [-0.39, 0.29) is 0 Å².